The maximum Gasteiger partial charge on any atom is 0.440 e. The molecule has 0 aliphatic carbocycles. The van der Waals surface area contributed by atoms with E-state index in [1.165, 1.54) is 0 Å². The molecule has 0 bridgehead atoms. The molecule has 0 aliphatic rings. The van der Waals surface area contributed by atoms with Gasteiger partial charge < -0.3 is 9.47 Å². The molecule has 0 radical (unpaired) electrons. The summed E-state index contributed by atoms with van der Waals surface area (Å²) in [5.41, 5.74) is 0.575. The lowest BCUT2D eigenvalue weighted by Gasteiger charge is -2.23. The molecule has 1 amide bonds. The van der Waals surface area contributed by atoms with Crippen LogP contribution in [0.2, 0.25) is 0 Å². The third kappa shape index (κ3) is 5.89. The zero-order chi connectivity index (χ0) is 18.4. The molecule has 4 nitrogen and oxygen atoms in total. The molecular formula is C17H16Cl3NO3S. The van der Waals surface area contributed by atoms with Gasteiger partial charge in [-0.25, -0.2) is 4.79 Å². The maximum atomic E-state index is 12.2. The molecule has 2 aromatic carbocycles. The standard InChI is InChI=1S/C17H16Cl3NO3S/c1-23-13-8-10-14(11-9-13)25(2)21-16(22)24-15(17(18,19)20)12-6-4-3-5-7-12/h3-11,15H,1-2H3/t15-,25?/m0/s1. The molecule has 8 heteroatoms. The van der Waals surface area contributed by atoms with E-state index in [1.54, 1.807) is 49.8 Å². The number of nitrogens with zero attached hydrogens (tertiary/aromatic N) is 1. The van der Waals surface area contributed by atoms with Crippen LogP contribution < -0.4 is 4.74 Å². The van der Waals surface area contributed by atoms with Crippen molar-refractivity contribution in [1.82, 2.24) is 0 Å². The highest BCUT2D eigenvalue weighted by atomic mass is 35.6. The number of amides is 1. The van der Waals surface area contributed by atoms with Crippen molar-refractivity contribution in [1.29, 1.82) is 0 Å². The summed E-state index contributed by atoms with van der Waals surface area (Å²) in [6.45, 7) is 0. The molecule has 0 spiro atoms. The minimum Gasteiger partial charge on any atom is -0.497 e. The monoisotopic (exact) mass is 419 g/mol. The summed E-state index contributed by atoms with van der Waals surface area (Å²) in [6.07, 6.45) is -0.0414. The number of carbonyl (C=O) groups is 1. The van der Waals surface area contributed by atoms with Crippen LogP contribution in [0.25, 0.3) is 0 Å². The van der Waals surface area contributed by atoms with Crippen LogP contribution in [0, 0.1) is 0 Å². The lowest BCUT2D eigenvalue weighted by molar-refractivity contribution is 0.109. The Morgan fingerprint density at radius 1 is 1.08 bits per heavy atom. The number of hydrogen-bond donors (Lipinski definition) is 0. The van der Waals surface area contributed by atoms with Crippen molar-refractivity contribution in [3.05, 3.63) is 60.2 Å². The first kappa shape index (κ1) is 20.0. The Balaban J connectivity index is 2.17. The summed E-state index contributed by atoms with van der Waals surface area (Å²) in [7, 11) is 0.879. The number of benzene rings is 2. The maximum absolute atomic E-state index is 12.2. The van der Waals surface area contributed by atoms with E-state index in [9.17, 15) is 4.79 Å². The van der Waals surface area contributed by atoms with E-state index in [-0.39, 0.29) is 0 Å². The predicted molar refractivity (Wildman–Crippen MR) is 103 cm³/mol. The highest BCUT2D eigenvalue weighted by Gasteiger charge is 2.37. The van der Waals surface area contributed by atoms with Crippen LogP contribution in [0.1, 0.15) is 11.7 Å². The molecule has 2 atom stereocenters. The molecule has 0 fully saturated rings. The van der Waals surface area contributed by atoms with Crippen molar-refractivity contribution in [3.63, 3.8) is 0 Å². The van der Waals surface area contributed by atoms with Gasteiger partial charge in [0.2, 0.25) is 3.79 Å². The van der Waals surface area contributed by atoms with Crippen molar-refractivity contribution in [3.8, 4) is 5.75 Å². The number of hydrogen-bond acceptors (Lipinski definition) is 3. The van der Waals surface area contributed by atoms with E-state index in [0.29, 0.717) is 5.56 Å². The Labute approximate surface area is 164 Å². The van der Waals surface area contributed by atoms with E-state index in [2.05, 4.69) is 4.36 Å². The zero-order valence-corrected chi connectivity index (χ0v) is 16.6. The van der Waals surface area contributed by atoms with E-state index >= 15 is 0 Å². The number of halogens is 3. The average molecular weight is 421 g/mol. The summed E-state index contributed by atoms with van der Waals surface area (Å²) < 4.78 is 12.6. The van der Waals surface area contributed by atoms with E-state index < -0.39 is 26.7 Å². The van der Waals surface area contributed by atoms with Crippen LogP contribution in [-0.4, -0.2) is 23.3 Å². The first-order chi connectivity index (χ1) is 11.8. The summed E-state index contributed by atoms with van der Waals surface area (Å²) in [5, 5.41) is 0. The number of carbonyl (C=O) groups excluding carboxylic acids is 1. The molecule has 2 rings (SSSR count). The van der Waals surface area contributed by atoms with Crippen molar-refractivity contribution in [2.75, 3.05) is 13.4 Å². The Hall–Kier alpha value is -1.27. The molecule has 0 saturated heterocycles. The number of ether oxygens (including phenoxy) is 2. The van der Waals surface area contributed by atoms with Gasteiger partial charge in [-0.05, 0) is 36.1 Å². The van der Waals surface area contributed by atoms with Crippen LogP contribution in [-0.2, 0) is 15.4 Å². The van der Waals surface area contributed by atoms with Crippen molar-refractivity contribution in [2.45, 2.75) is 14.8 Å². The fourth-order valence-electron chi connectivity index (χ4n) is 2.01. The van der Waals surface area contributed by atoms with Crippen LogP contribution in [0.4, 0.5) is 4.79 Å². The topological polar surface area (TPSA) is 47.9 Å². The van der Waals surface area contributed by atoms with Crippen molar-refractivity contribution < 1.29 is 14.3 Å². The molecular weight excluding hydrogens is 405 g/mol. The minimum absolute atomic E-state index is 0.575. The van der Waals surface area contributed by atoms with E-state index in [4.69, 9.17) is 44.3 Å². The first-order valence-electron chi connectivity index (χ1n) is 7.15. The fraction of sp³-hybridized carbons (Fsp3) is 0.235. The van der Waals surface area contributed by atoms with Gasteiger partial charge in [-0.2, -0.15) is 0 Å². The smallest absolute Gasteiger partial charge is 0.440 e. The van der Waals surface area contributed by atoms with Gasteiger partial charge >= 0.3 is 6.09 Å². The molecule has 0 aromatic heterocycles. The second-order valence-electron chi connectivity index (χ2n) is 4.96. The van der Waals surface area contributed by atoms with Gasteiger partial charge in [0, 0.05) is 4.90 Å². The van der Waals surface area contributed by atoms with Gasteiger partial charge in [-0.3, -0.25) is 0 Å². The largest absolute Gasteiger partial charge is 0.497 e. The second-order valence-corrected chi connectivity index (χ2v) is 8.94. The molecule has 134 valence electrons. The average Bonchev–Trinajstić information content (AvgIpc) is 2.59. The highest BCUT2D eigenvalue weighted by molar-refractivity contribution is 7.86. The summed E-state index contributed by atoms with van der Waals surface area (Å²) in [6, 6.07) is 16.1. The quantitative estimate of drug-likeness (QED) is 0.593. The Morgan fingerprint density at radius 2 is 1.68 bits per heavy atom. The van der Waals surface area contributed by atoms with Gasteiger partial charge in [0.1, 0.15) is 5.75 Å². The van der Waals surface area contributed by atoms with Gasteiger partial charge in [0.25, 0.3) is 0 Å². The van der Waals surface area contributed by atoms with Crippen molar-refractivity contribution >= 4 is 51.6 Å². The van der Waals surface area contributed by atoms with E-state index in [1.807, 2.05) is 18.2 Å². The third-order valence-corrected chi connectivity index (χ3v) is 5.20. The van der Waals surface area contributed by atoms with Crippen molar-refractivity contribution in [2.24, 2.45) is 4.36 Å². The van der Waals surface area contributed by atoms with E-state index in [0.717, 1.165) is 10.6 Å². The van der Waals surface area contributed by atoms with Gasteiger partial charge in [0.15, 0.2) is 6.10 Å². The number of rotatable bonds is 4. The SMILES string of the molecule is COc1ccc(/S(C)=N/C(=O)O[C@@H](c2ccccc2)C(Cl)(Cl)Cl)cc1. The molecule has 0 aliphatic heterocycles. The Bertz CT molecular complexity index is 746. The number of methoxy groups -OCH3 is 1. The normalized spacial score (nSPS) is 14.0. The van der Waals surface area contributed by atoms with Crippen LogP contribution in [0.3, 0.4) is 0 Å². The molecule has 0 heterocycles. The minimum atomic E-state index is -1.81. The first-order valence-corrected chi connectivity index (χ1v) is 9.88. The molecule has 0 N–H and O–H groups in total. The van der Waals surface area contributed by atoms with Gasteiger partial charge in [-0.1, -0.05) is 75.8 Å². The summed E-state index contributed by atoms with van der Waals surface area (Å²) >= 11 is 17.9. The molecule has 25 heavy (non-hydrogen) atoms. The molecule has 1 unspecified atom stereocenters. The number of alkyl halides is 3. The molecule has 0 saturated carbocycles. The van der Waals surface area contributed by atoms with Crippen LogP contribution >= 0.6 is 34.8 Å². The molecule has 2 aromatic rings. The summed E-state index contributed by atoms with van der Waals surface area (Å²) in [5.74, 6) is 0.726. The fourth-order valence-corrected chi connectivity index (χ4v) is 3.42. The third-order valence-electron chi connectivity index (χ3n) is 3.23. The Kier molecular flexibility index (Phi) is 7.14. The second kappa shape index (κ2) is 8.90. The van der Waals surface area contributed by atoms with Gasteiger partial charge in [-0.15, -0.1) is 4.36 Å². The highest BCUT2D eigenvalue weighted by Crippen LogP contribution is 2.42. The predicted octanol–water partition coefficient (Wildman–Crippen LogP) is 5.73. The van der Waals surface area contributed by atoms with Crippen LogP contribution in [0.15, 0.2) is 63.9 Å². The van der Waals surface area contributed by atoms with Crippen LogP contribution in [0.5, 0.6) is 5.75 Å². The summed E-state index contributed by atoms with van der Waals surface area (Å²) in [4.78, 5) is 13.1. The van der Waals surface area contributed by atoms with Gasteiger partial charge in [0.05, 0.1) is 7.11 Å². The Morgan fingerprint density at radius 3 is 2.20 bits per heavy atom. The lowest BCUT2D eigenvalue weighted by Crippen LogP contribution is -2.22. The zero-order valence-electron chi connectivity index (χ0n) is 13.5. The lowest BCUT2D eigenvalue weighted by atomic mass is 10.1.